The second kappa shape index (κ2) is 6.30. The van der Waals surface area contributed by atoms with Gasteiger partial charge in [0.05, 0.1) is 13.2 Å². The Morgan fingerprint density at radius 2 is 2.08 bits per heavy atom. The number of nitrogens with one attached hydrogen (secondary N) is 1. The van der Waals surface area contributed by atoms with Crippen LogP contribution in [0.3, 0.4) is 0 Å². The van der Waals surface area contributed by atoms with Gasteiger partial charge in [0, 0.05) is 12.0 Å². The molecular weight excluding hydrogens is 304 g/mol. The van der Waals surface area contributed by atoms with Crippen molar-refractivity contribution in [2.45, 2.75) is 45.6 Å². The average molecular weight is 328 g/mol. The lowest BCUT2D eigenvalue weighted by molar-refractivity contribution is 0.0892. The van der Waals surface area contributed by atoms with E-state index in [0.717, 1.165) is 29.9 Å². The molecule has 1 aromatic carbocycles. The van der Waals surface area contributed by atoms with E-state index in [1.807, 2.05) is 24.3 Å². The first-order valence-corrected chi connectivity index (χ1v) is 8.30. The van der Waals surface area contributed by atoms with Crippen LogP contribution in [-0.2, 0) is 0 Å². The Labute approximate surface area is 142 Å². The highest BCUT2D eigenvalue weighted by atomic mass is 16.5. The lowest BCUT2D eigenvalue weighted by Gasteiger charge is -2.32. The molecule has 5 heteroatoms. The van der Waals surface area contributed by atoms with Gasteiger partial charge in [0.15, 0.2) is 5.69 Å². The molecule has 1 aliphatic rings. The van der Waals surface area contributed by atoms with Gasteiger partial charge in [0.25, 0.3) is 5.91 Å². The van der Waals surface area contributed by atoms with Crippen LogP contribution in [0.1, 0.15) is 67.4 Å². The van der Waals surface area contributed by atoms with Crippen LogP contribution in [0.25, 0.3) is 0 Å². The smallest absolute Gasteiger partial charge is 0.273 e. The van der Waals surface area contributed by atoms with Crippen LogP contribution in [0.4, 0.5) is 0 Å². The summed E-state index contributed by atoms with van der Waals surface area (Å²) in [6, 6.07) is 9.37. The zero-order valence-corrected chi connectivity index (χ0v) is 14.6. The Morgan fingerprint density at radius 1 is 1.33 bits per heavy atom. The number of methoxy groups -OCH3 is 1. The van der Waals surface area contributed by atoms with Gasteiger partial charge < -0.3 is 14.6 Å². The molecule has 3 rings (SSSR count). The number of rotatable bonds is 5. The third kappa shape index (κ3) is 3.61. The lowest BCUT2D eigenvalue weighted by atomic mass is 9.82. The van der Waals surface area contributed by atoms with Gasteiger partial charge in [0.1, 0.15) is 11.5 Å². The van der Waals surface area contributed by atoms with Crippen molar-refractivity contribution in [3.8, 4) is 5.75 Å². The Hall–Kier alpha value is -2.30. The summed E-state index contributed by atoms with van der Waals surface area (Å²) in [6.07, 6.45) is 2.23. The third-order valence-electron chi connectivity index (χ3n) is 4.31. The standard InChI is InChI=1S/C19H24N2O3/c1-19(2,3)17(13-6-5-7-14(10-13)23-4)20-18(22)15-11-16(24-21-15)12-8-9-12/h5-7,10-12,17H,8-9H2,1-4H3,(H,20,22). The second-order valence-corrected chi connectivity index (χ2v) is 7.44. The Kier molecular flexibility index (Phi) is 4.35. The molecule has 1 N–H and O–H groups in total. The Bertz CT molecular complexity index is 726. The summed E-state index contributed by atoms with van der Waals surface area (Å²) in [6.45, 7) is 6.28. The van der Waals surface area contributed by atoms with Crippen molar-refractivity contribution >= 4 is 5.91 Å². The van der Waals surface area contributed by atoms with Crippen molar-refractivity contribution in [1.82, 2.24) is 10.5 Å². The number of hydrogen-bond acceptors (Lipinski definition) is 4. The topological polar surface area (TPSA) is 64.4 Å². The summed E-state index contributed by atoms with van der Waals surface area (Å²) < 4.78 is 10.6. The van der Waals surface area contributed by atoms with Gasteiger partial charge in [-0.3, -0.25) is 4.79 Å². The molecular formula is C19H24N2O3. The van der Waals surface area contributed by atoms with Crippen LogP contribution in [0.5, 0.6) is 5.75 Å². The summed E-state index contributed by atoms with van der Waals surface area (Å²) in [4.78, 5) is 12.6. The number of carbonyl (C=O) groups is 1. The fourth-order valence-corrected chi connectivity index (χ4v) is 2.78. The van der Waals surface area contributed by atoms with Crippen LogP contribution in [0.2, 0.25) is 0 Å². The van der Waals surface area contributed by atoms with Crippen LogP contribution in [0, 0.1) is 5.41 Å². The molecule has 128 valence electrons. The van der Waals surface area contributed by atoms with Crippen LogP contribution in [0.15, 0.2) is 34.9 Å². The van der Waals surface area contributed by atoms with Gasteiger partial charge in [-0.25, -0.2) is 0 Å². The highest BCUT2D eigenvalue weighted by Crippen LogP contribution is 2.40. The number of amides is 1. The molecule has 24 heavy (non-hydrogen) atoms. The maximum absolute atomic E-state index is 12.6. The Balaban J connectivity index is 1.81. The van der Waals surface area contributed by atoms with E-state index in [1.54, 1.807) is 13.2 Å². The number of aromatic nitrogens is 1. The number of carbonyl (C=O) groups excluding carboxylic acids is 1. The van der Waals surface area contributed by atoms with E-state index in [2.05, 4.69) is 31.2 Å². The molecule has 0 bridgehead atoms. The maximum Gasteiger partial charge on any atom is 0.273 e. The lowest BCUT2D eigenvalue weighted by Crippen LogP contribution is -2.36. The van der Waals surface area contributed by atoms with Gasteiger partial charge in [-0.2, -0.15) is 0 Å². The van der Waals surface area contributed by atoms with E-state index in [1.165, 1.54) is 0 Å². The quantitative estimate of drug-likeness (QED) is 0.898. The SMILES string of the molecule is COc1cccc(C(NC(=O)c2cc(C3CC3)on2)C(C)(C)C)c1. The summed E-state index contributed by atoms with van der Waals surface area (Å²) in [5.74, 6) is 1.81. The van der Waals surface area contributed by atoms with E-state index in [4.69, 9.17) is 9.26 Å². The normalized spacial score (nSPS) is 15.8. The molecule has 2 aromatic rings. The second-order valence-electron chi connectivity index (χ2n) is 7.44. The molecule has 1 amide bonds. The average Bonchev–Trinajstić information content (AvgIpc) is 3.28. The Morgan fingerprint density at radius 3 is 2.71 bits per heavy atom. The molecule has 0 spiro atoms. The van der Waals surface area contributed by atoms with E-state index >= 15 is 0 Å². The molecule has 1 atom stereocenters. The third-order valence-corrected chi connectivity index (χ3v) is 4.31. The molecule has 1 aromatic heterocycles. The highest BCUT2D eigenvalue weighted by molar-refractivity contribution is 5.92. The van der Waals surface area contributed by atoms with E-state index < -0.39 is 0 Å². The van der Waals surface area contributed by atoms with Crippen LogP contribution in [-0.4, -0.2) is 18.2 Å². The molecule has 0 radical (unpaired) electrons. The molecule has 1 unspecified atom stereocenters. The van der Waals surface area contributed by atoms with Crippen molar-refractivity contribution in [2.24, 2.45) is 5.41 Å². The molecule has 1 aliphatic carbocycles. The molecule has 1 saturated carbocycles. The van der Waals surface area contributed by atoms with Crippen molar-refractivity contribution in [3.63, 3.8) is 0 Å². The fourth-order valence-electron chi connectivity index (χ4n) is 2.78. The van der Waals surface area contributed by atoms with Gasteiger partial charge >= 0.3 is 0 Å². The van der Waals surface area contributed by atoms with E-state index in [-0.39, 0.29) is 17.4 Å². The molecule has 1 fully saturated rings. The first kappa shape index (κ1) is 16.6. The number of benzene rings is 1. The van der Waals surface area contributed by atoms with Gasteiger partial charge in [-0.05, 0) is 36.0 Å². The van der Waals surface area contributed by atoms with Crippen molar-refractivity contribution < 1.29 is 14.1 Å². The summed E-state index contributed by atoms with van der Waals surface area (Å²) in [5, 5.41) is 7.02. The monoisotopic (exact) mass is 328 g/mol. The number of hydrogen-bond donors (Lipinski definition) is 1. The van der Waals surface area contributed by atoms with E-state index in [9.17, 15) is 4.79 Å². The molecule has 0 aliphatic heterocycles. The van der Waals surface area contributed by atoms with Crippen molar-refractivity contribution in [2.75, 3.05) is 7.11 Å². The van der Waals surface area contributed by atoms with Crippen LogP contribution < -0.4 is 10.1 Å². The summed E-state index contributed by atoms with van der Waals surface area (Å²) in [7, 11) is 1.64. The first-order chi connectivity index (χ1) is 11.4. The van der Waals surface area contributed by atoms with Crippen molar-refractivity contribution in [3.05, 3.63) is 47.3 Å². The van der Waals surface area contributed by atoms with Crippen molar-refractivity contribution in [1.29, 1.82) is 0 Å². The molecule has 1 heterocycles. The van der Waals surface area contributed by atoms with Gasteiger partial charge in [0.2, 0.25) is 0 Å². The molecule has 5 nitrogen and oxygen atoms in total. The maximum atomic E-state index is 12.6. The summed E-state index contributed by atoms with van der Waals surface area (Å²) in [5.41, 5.74) is 1.18. The first-order valence-electron chi connectivity index (χ1n) is 8.30. The minimum Gasteiger partial charge on any atom is -0.497 e. The predicted molar refractivity (Wildman–Crippen MR) is 91.1 cm³/mol. The highest BCUT2D eigenvalue weighted by Gasteiger charge is 2.31. The predicted octanol–water partition coefficient (Wildman–Crippen LogP) is 4.08. The van der Waals surface area contributed by atoms with Gasteiger partial charge in [-0.1, -0.05) is 38.1 Å². The van der Waals surface area contributed by atoms with E-state index in [0.29, 0.717) is 11.6 Å². The minimum absolute atomic E-state index is 0.162. The number of nitrogens with zero attached hydrogens (tertiary/aromatic N) is 1. The minimum atomic E-state index is -0.214. The zero-order valence-electron chi connectivity index (χ0n) is 14.6. The van der Waals surface area contributed by atoms with Gasteiger partial charge in [-0.15, -0.1) is 0 Å². The fraction of sp³-hybridized carbons (Fsp3) is 0.474. The number of ether oxygens (including phenoxy) is 1. The zero-order chi connectivity index (χ0) is 17.3. The van der Waals surface area contributed by atoms with Crippen LogP contribution >= 0.6 is 0 Å². The molecule has 0 saturated heterocycles. The summed E-state index contributed by atoms with van der Waals surface area (Å²) >= 11 is 0. The largest absolute Gasteiger partial charge is 0.497 e.